The first-order valence-corrected chi connectivity index (χ1v) is 7.69. The first kappa shape index (κ1) is 15.5. The minimum Gasteiger partial charge on any atom is -0.343 e. The number of carbonyl (C=O) groups excluding carboxylic acids is 1. The molecule has 1 saturated heterocycles. The summed E-state index contributed by atoms with van der Waals surface area (Å²) in [5.74, 6) is 1.73. The molecule has 18 heavy (non-hydrogen) atoms. The maximum absolute atomic E-state index is 12.2. The van der Waals surface area contributed by atoms with Crippen molar-refractivity contribution in [2.45, 2.75) is 52.9 Å². The Morgan fingerprint density at radius 2 is 1.83 bits per heavy atom. The van der Waals surface area contributed by atoms with Gasteiger partial charge in [0.15, 0.2) is 0 Å². The van der Waals surface area contributed by atoms with Gasteiger partial charge in [0.05, 0.1) is 0 Å². The van der Waals surface area contributed by atoms with Crippen molar-refractivity contribution in [1.29, 1.82) is 0 Å². The largest absolute Gasteiger partial charge is 0.343 e. The second-order valence-electron chi connectivity index (χ2n) is 5.52. The van der Waals surface area contributed by atoms with Gasteiger partial charge in [-0.3, -0.25) is 4.79 Å². The fraction of sp³-hybridized carbons (Fsp3) is 0.933. The fourth-order valence-corrected chi connectivity index (χ4v) is 2.69. The molecule has 106 valence electrons. The van der Waals surface area contributed by atoms with Crippen LogP contribution in [0.25, 0.3) is 0 Å². The van der Waals surface area contributed by atoms with Crippen LogP contribution in [0.2, 0.25) is 0 Å². The Bertz CT molecular complexity index is 231. The van der Waals surface area contributed by atoms with E-state index in [1.165, 1.54) is 12.8 Å². The highest BCUT2D eigenvalue weighted by atomic mass is 16.2. The third kappa shape index (κ3) is 4.97. The second-order valence-corrected chi connectivity index (χ2v) is 5.52. The Balaban J connectivity index is 2.27. The molecular formula is C15H30N2O. The monoisotopic (exact) mass is 254 g/mol. The summed E-state index contributed by atoms with van der Waals surface area (Å²) in [6.45, 7) is 10.6. The lowest BCUT2D eigenvalue weighted by Gasteiger charge is -2.33. The Kier molecular flexibility index (Phi) is 7.33. The summed E-state index contributed by atoms with van der Waals surface area (Å²) in [6.07, 6.45) is 5.34. The Labute approximate surface area is 112 Å². The molecule has 0 aromatic rings. The topological polar surface area (TPSA) is 32.3 Å². The van der Waals surface area contributed by atoms with Crippen LogP contribution in [0.3, 0.4) is 0 Å². The molecule has 1 amide bonds. The highest BCUT2D eigenvalue weighted by Crippen LogP contribution is 2.20. The van der Waals surface area contributed by atoms with E-state index in [-0.39, 0.29) is 0 Å². The smallest absolute Gasteiger partial charge is 0.222 e. The fourth-order valence-electron chi connectivity index (χ4n) is 2.69. The van der Waals surface area contributed by atoms with E-state index in [0.29, 0.717) is 11.8 Å². The molecule has 1 fully saturated rings. The van der Waals surface area contributed by atoms with E-state index in [1.54, 1.807) is 0 Å². The predicted molar refractivity (Wildman–Crippen MR) is 76.5 cm³/mol. The molecule has 1 aliphatic heterocycles. The summed E-state index contributed by atoms with van der Waals surface area (Å²) in [4.78, 5) is 14.2. The quantitative estimate of drug-likeness (QED) is 0.757. The van der Waals surface area contributed by atoms with Gasteiger partial charge in [0.1, 0.15) is 0 Å². The molecule has 0 aromatic heterocycles. The minimum absolute atomic E-state index is 0.380. The van der Waals surface area contributed by atoms with Gasteiger partial charge >= 0.3 is 0 Å². The van der Waals surface area contributed by atoms with Crippen LogP contribution < -0.4 is 5.32 Å². The summed E-state index contributed by atoms with van der Waals surface area (Å²) in [7, 11) is 0. The molecule has 3 heteroatoms. The summed E-state index contributed by atoms with van der Waals surface area (Å²) in [5, 5.41) is 3.41. The maximum atomic E-state index is 12.2. The van der Waals surface area contributed by atoms with Crippen molar-refractivity contribution in [1.82, 2.24) is 10.2 Å². The van der Waals surface area contributed by atoms with Crippen molar-refractivity contribution in [3.63, 3.8) is 0 Å². The van der Waals surface area contributed by atoms with Gasteiger partial charge in [-0.15, -0.1) is 0 Å². The number of amides is 1. The summed E-state index contributed by atoms with van der Waals surface area (Å²) in [5.41, 5.74) is 0. The van der Waals surface area contributed by atoms with Crippen LogP contribution in [0.1, 0.15) is 52.9 Å². The molecule has 1 aliphatic rings. The second kappa shape index (κ2) is 8.52. The Morgan fingerprint density at radius 3 is 2.33 bits per heavy atom. The zero-order chi connectivity index (χ0) is 13.4. The lowest BCUT2D eigenvalue weighted by Crippen LogP contribution is -2.41. The van der Waals surface area contributed by atoms with Gasteiger partial charge in [-0.25, -0.2) is 0 Å². The molecule has 1 N–H and O–H groups in total. The summed E-state index contributed by atoms with van der Waals surface area (Å²) >= 11 is 0. The van der Waals surface area contributed by atoms with E-state index >= 15 is 0 Å². The number of hydrogen-bond acceptors (Lipinski definition) is 2. The number of piperidine rings is 1. The van der Waals surface area contributed by atoms with E-state index in [2.05, 4.69) is 31.0 Å². The summed E-state index contributed by atoms with van der Waals surface area (Å²) < 4.78 is 0. The molecule has 0 aliphatic carbocycles. The normalized spacial score (nSPS) is 17.4. The van der Waals surface area contributed by atoms with Crippen LogP contribution in [0.4, 0.5) is 0 Å². The van der Waals surface area contributed by atoms with Crippen LogP contribution in [0.5, 0.6) is 0 Å². The van der Waals surface area contributed by atoms with E-state index in [1.807, 2.05) is 0 Å². The first-order chi connectivity index (χ1) is 8.71. The van der Waals surface area contributed by atoms with Crippen LogP contribution in [0, 0.1) is 11.8 Å². The molecule has 1 rings (SSSR count). The Hall–Kier alpha value is -0.570. The van der Waals surface area contributed by atoms with Crippen LogP contribution in [-0.4, -0.2) is 37.0 Å². The lowest BCUT2D eigenvalue weighted by molar-refractivity contribution is -0.133. The average Bonchev–Trinajstić information content (AvgIpc) is 2.42. The first-order valence-electron chi connectivity index (χ1n) is 7.69. The zero-order valence-corrected chi connectivity index (χ0v) is 12.4. The predicted octanol–water partition coefficient (Wildman–Crippen LogP) is 2.66. The highest BCUT2D eigenvalue weighted by Gasteiger charge is 2.23. The third-order valence-corrected chi connectivity index (χ3v) is 4.27. The van der Waals surface area contributed by atoms with Gasteiger partial charge in [-0.05, 0) is 37.8 Å². The minimum atomic E-state index is 0.380. The van der Waals surface area contributed by atoms with Crippen molar-refractivity contribution in [2.24, 2.45) is 11.8 Å². The number of nitrogens with one attached hydrogen (secondary N) is 1. The molecule has 1 heterocycles. The molecule has 3 nitrogen and oxygen atoms in total. The number of carbonyl (C=O) groups is 1. The number of likely N-dealkylation sites (tertiary alicyclic amines) is 1. The van der Waals surface area contributed by atoms with E-state index < -0.39 is 0 Å². The van der Waals surface area contributed by atoms with Crippen LogP contribution in [0.15, 0.2) is 0 Å². The van der Waals surface area contributed by atoms with Crippen molar-refractivity contribution in [3.05, 3.63) is 0 Å². The van der Waals surface area contributed by atoms with Gasteiger partial charge in [0, 0.05) is 19.5 Å². The average molecular weight is 254 g/mol. The van der Waals surface area contributed by atoms with Crippen molar-refractivity contribution in [2.75, 3.05) is 26.2 Å². The van der Waals surface area contributed by atoms with Crippen LogP contribution >= 0.6 is 0 Å². The van der Waals surface area contributed by atoms with Crippen molar-refractivity contribution >= 4 is 5.91 Å². The van der Waals surface area contributed by atoms with E-state index in [0.717, 1.165) is 51.4 Å². The third-order valence-electron chi connectivity index (χ3n) is 4.27. The standard InChI is InChI=1S/C15H30N2O/c1-4-13(5-2)11-15(18)17-9-7-14(8-10-17)12-16-6-3/h13-14,16H,4-12H2,1-3H3. The molecule has 0 saturated carbocycles. The molecule has 0 atom stereocenters. The zero-order valence-electron chi connectivity index (χ0n) is 12.4. The highest BCUT2D eigenvalue weighted by molar-refractivity contribution is 5.76. The molecule has 0 unspecified atom stereocenters. The van der Waals surface area contributed by atoms with Crippen molar-refractivity contribution in [3.8, 4) is 0 Å². The summed E-state index contributed by atoms with van der Waals surface area (Å²) in [6, 6.07) is 0. The van der Waals surface area contributed by atoms with Gasteiger partial charge in [-0.1, -0.05) is 33.6 Å². The van der Waals surface area contributed by atoms with Gasteiger partial charge in [-0.2, -0.15) is 0 Å². The van der Waals surface area contributed by atoms with Crippen molar-refractivity contribution < 1.29 is 4.79 Å². The lowest BCUT2D eigenvalue weighted by atomic mass is 9.94. The SMILES string of the molecule is CCNCC1CCN(C(=O)CC(CC)CC)CC1. The maximum Gasteiger partial charge on any atom is 0.222 e. The molecular weight excluding hydrogens is 224 g/mol. The Morgan fingerprint density at radius 1 is 1.22 bits per heavy atom. The van der Waals surface area contributed by atoms with Gasteiger partial charge in [0.2, 0.25) is 5.91 Å². The molecule has 0 radical (unpaired) electrons. The van der Waals surface area contributed by atoms with Crippen LogP contribution in [-0.2, 0) is 4.79 Å². The molecule has 0 aromatic carbocycles. The van der Waals surface area contributed by atoms with E-state index in [4.69, 9.17) is 0 Å². The number of rotatable bonds is 7. The number of nitrogens with zero attached hydrogens (tertiary/aromatic N) is 1. The number of hydrogen-bond donors (Lipinski definition) is 1. The van der Waals surface area contributed by atoms with Gasteiger partial charge < -0.3 is 10.2 Å². The van der Waals surface area contributed by atoms with E-state index in [9.17, 15) is 4.79 Å². The molecule has 0 bridgehead atoms. The van der Waals surface area contributed by atoms with Gasteiger partial charge in [0.25, 0.3) is 0 Å². The molecule has 0 spiro atoms.